The Kier molecular flexibility index (Phi) is 6.56. The molecule has 0 saturated heterocycles. The molecule has 0 saturated carbocycles. The van der Waals surface area contributed by atoms with E-state index in [1.165, 1.54) is 24.3 Å². The van der Waals surface area contributed by atoms with E-state index in [0.717, 1.165) is 0 Å². The molecule has 0 radical (unpaired) electrons. The van der Waals surface area contributed by atoms with Crippen molar-refractivity contribution < 1.29 is 13.2 Å². The maximum absolute atomic E-state index is 12.7. The number of benzene rings is 2. The van der Waals surface area contributed by atoms with E-state index in [-0.39, 0.29) is 16.5 Å². The van der Waals surface area contributed by atoms with E-state index in [9.17, 15) is 13.2 Å². The summed E-state index contributed by atoms with van der Waals surface area (Å²) in [5.41, 5.74) is 2.98. The lowest BCUT2D eigenvalue weighted by molar-refractivity contribution is 0.102. The van der Waals surface area contributed by atoms with Crippen LogP contribution in [-0.4, -0.2) is 34.5 Å². The predicted octanol–water partition coefficient (Wildman–Crippen LogP) is 4.84. The van der Waals surface area contributed by atoms with Crippen LogP contribution < -0.4 is 10.0 Å². The molecule has 12 heteroatoms. The summed E-state index contributed by atoms with van der Waals surface area (Å²) in [6.07, 6.45) is 0. The van der Waals surface area contributed by atoms with Crippen LogP contribution in [0.15, 0.2) is 59.5 Å². The summed E-state index contributed by atoms with van der Waals surface area (Å²) >= 11 is 12.1. The summed E-state index contributed by atoms with van der Waals surface area (Å²) in [4.78, 5) is 20.8. The molecule has 34 heavy (non-hydrogen) atoms. The highest BCUT2D eigenvalue weighted by molar-refractivity contribution is 7.92. The number of aryl methyl sites for hydroxylation is 2. The first kappa shape index (κ1) is 23.7. The second kappa shape index (κ2) is 9.41. The second-order valence-corrected chi connectivity index (χ2v) is 9.88. The molecular weight excluding hydrogens is 499 g/mol. The van der Waals surface area contributed by atoms with Crippen LogP contribution in [0.25, 0.3) is 11.3 Å². The Morgan fingerprint density at radius 1 is 0.941 bits per heavy atom. The van der Waals surface area contributed by atoms with E-state index in [4.69, 9.17) is 23.2 Å². The van der Waals surface area contributed by atoms with Gasteiger partial charge in [-0.05, 0) is 68.4 Å². The highest BCUT2D eigenvalue weighted by Crippen LogP contribution is 2.29. The Morgan fingerprint density at radius 2 is 1.62 bits per heavy atom. The molecular formula is C22H18Cl2N6O3S. The van der Waals surface area contributed by atoms with Crippen LogP contribution in [0, 0.1) is 13.8 Å². The molecule has 2 heterocycles. The highest BCUT2D eigenvalue weighted by Gasteiger charge is 2.17. The molecule has 174 valence electrons. The van der Waals surface area contributed by atoms with Crippen molar-refractivity contribution in [3.8, 4) is 11.3 Å². The number of rotatable bonds is 6. The van der Waals surface area contributed by atoms with Crippen LogP contribution in [-0.2, 0) is 10.0 Å². The number of aromatic amines is 1. The average molecular weight is 517 g/mol. The number of nitrogens with zero attached hydrogens (tertiary/aromatic N) is 3. The van der Waals surface area contributed by atoms with Crippen molar-refractivity contribution in [2.45, 2.75) is 18.7 Å². The van der Waals surface area contributed by atoms with Gasteiger partial charge in [-0.15, -0.1) is 0 Å². The second-order valence-electron chi connectivity index (χ2n) is 7.35. The monoisotopic (exact) mass is 516 g/mol. The van der Waals surface area contributed by atoms with Crippen molar-refractivity contribution in [1.82, 2.24) is 20.2 Å². The number of sulfonamides is 1. The first-order valence-corrected chi connectivity index (χ1v) is 12.1. The summed E-state index contributed by atoms with van der Waals surface area (Å²) in [7, 11) is -3.90. The normalized spacial score (nSPS) is 11.3. The molecule has 0 spiro atoms. The number of hydrogen-bond donors (Lipinski definition) is 3. The number of hydrogen-bond acceptors (Lipinski definition) is 6. The first-order valence-electron chi connectivity index (χ1n) is 9.88. The van der Waals surface area contributed by atoms with Crippen molar-refractivity contribution in [2.75, 3.05) is 10.0 Å². The molecule has 0 aliphatic carbocycles. The fraction of sp³-hybridized carbons (Fsp3) is 0.0909. The fourth-order valence-corrected chi connectivity index (χ4v) is 4.59. The number of anilines is 2. The SMILES string of the molecule is Cc1cc(C)nc(NS(=O)(=O)c2ccc(NC(=O)c3cc(-c4ccc(Cl)cc4Cl)n[nH]3)cc2)n1. The average Bonchev–Trinajstić information content (AvgIpc) is 3.23. The molecule has 4 rings (SSSR count). The van der Waals surface area contributed by atoms with E-state index in [1.807, 2.05) is 0 Å². The molecule has 0 bridgehead atoms. The standard InChI is InChI=1S/C22H18Cl2N6O3S/c1-12-9-13(2)26-22(25-12)30-34(32,33)16-6-4-15(5-7-16)27-21(31)20-11-19(28-29-20)17-8-3-14(23)10-18(17)24/h3-11H,1-2H3,(H,27,31)(H,28,29)(H,25,26,30). The third-order valence-corrected chi connectivity index (χ3v) is 6.55. The topological polar surface area (TPSA) is 130 Å². The Morgan fingerprint density at radius 3 is 2.26 bits per heavy atom. The number of halogens is 2. The zero-order valence-electron chi connectivity index (χ0n) is 17.9. The fourth-order valence-electron chi connectivity index (χ4n) is 3.14. The third kappa shape index (κ3) is 5.36. The molecule has 2 aromatic heterocycles. The van der Waals surface area contributed by atoms with Gasteiger partial charge in [0.15, 0.2) is 0 Å². The smallest absolute Gasteiger partial charge is 0.273 e. The van der Waals surface area contributed by atoms with E-state index in [2.05, 4.69) is 30.2 Å². The number of carbonyl (C=O) groups is 1. The largest absolute Gasteiger partial charge is 0.321 e. The summed E-state index contributed by atoms with van der Waals surface area (Å²) in [6.45, 7) is 3.49. The number of aromatic nitrogens is 4. The Hall–Kier alpha value is -3.47. The minimum absolute atomic E-state index is 0.00513. The molecule has 0 unspecified atom stereocenters. The zero-order valence-corrected chi connectivity index (χ0v) is 20.3. The van der Waals surface area contributed by atoms with Crippen molar-refractivity contribution in [3.63, 3.8) is 0 Å². The van der Waals surface area contributed by atoms with Gasteiger partial charge in [-0.3, -0.25) is 9.89 Å². The molecule has 0 aliphatic rings. The minimum atomic E-state index is -3.90. The van der Waals surface area contributed by atoms with Crippen LogP contribution >= 0.6 is 23.2 Å². The van der Waals surface area contributed by atoms with Crippen molar-refractivity contribution in [3.05, 3.63) is 81.7 Å². The van der Waals surface area contributed by atoms with Crippen LogP contribution in [0.5, 0.6) is 0 Å². The highest BCUT2D eigenvalue weighted by atomic mass is 35.5. The number of amides is 1. The van der Waals surface area contributed by atoms with Gasteiger partial charge in [-0.2, -0.15) is 5.10 Å². The van der Waals surface area contributed by atoms with E-state index in [0.29, 0.717) is 38.4 Å². The van der Waals surface area contributed by atoms with Gasteiger partial charge in [-0.25, -0.2) is 23.1 Å². The van der Waals surface area contributed by atoms with Gasteiger partial charge in [0.05, 0.1) is 15.6 Å². The predicted molar refractivity (Wildman–Crippen MR) is 131 cm³/mol. The minimum Gasteiger partial charge on any atom is -0.321 e. The van der Waals surface area contributed by atoms with Crippen LogP contribution in [0.2, 0.25) is 10.0 Å². The zero-order chi connectivity index (χ0) is 24.5. The first-order chi connectivity index (χ1) is 16.1. The summed E-state index contributed by atoms with van der Waals surface area (Å²) in [6, 6.07) is 13.9. The van der Waals surface area contributed by atoms with Gasteiger partial charge in [0.2, 0.25) is 5.95 Å². The Balaban J connectivity index is 1.46. The maximum Gasteiger partial charge on any atom is 0.273 e. The van der Waals surface area contributed by atoms with Crippen LogP contribution in [0.3, 0.4) is 0 Å². The van der Waals surface area contributed by atoms with Crippen LogP contribution in [0.4, 0.5) is 11.6 Å². The van der Waals surface area contributed by atoms with Gasteiger partial charge in [0, 0.05) is 27.7 Å². The molecule has 4 aromatic rings. The van der Waals surface area contributed by atoms with Crippen molar-refractivity contribution in [2.24, 2.45) is 0 Å². The number of nitrogens with one attached hydrogen (secondary N) is 3. The molecule has 0 atom stereocenters. The summed E-state index contributed by atoms with van der Waals surface area (Å²) in [5, 5.41) is 10.4. The summed E-state index contributed by atoms with van der Waals surface area (Å²) in [5.74, 6) is -0.466. The van der Waals surface area contributed by atoms with E-state index < -0.39 is 15.9 Å². The summed E-state index contributed by atoms with van der Waals surface area (Å²) < 4.78 is 27.7. The lowest BCUT2D eigenvalue weighted by Crippen LogP contribution is -2.16. The quantitative estimate of drug-likeness (QED) is 0.336. The van der Waals surface area contributed by atoms with Gasteiger partial charge in [0.1, 0.15) is 5.69 Å². The molecule has 0 aliphatic heterocycles. The number of carbonyl (C=O) groups excluding carboxylic acids is 1. The Bertz CT molecular complexity index is 1470. The number of H-pyrrole nitrogens is 1. The van der Waals surface area contributed by atoms with Gasteiger partial charge in [0.25, 0.3) is 15.9 Å². The van der Waals surface area contributed by atoms with Gasteiger partial charge >= 0.3 is 0 Å². The maximum atomic E-state index is 12.7. The third-order valence-electron chi connectivity index (χ3n) is 4.66. The van der Waals surface area contributed by atoms with E-state index in [1.54, 1.807) is 44.2 Å². The van der Waals surface area contributed by atoms with Gasteiger partial charge < -0.3 is 5.32 Å². The lowest BCUT2D eigenvalue weighted by atomic mass is 10.1. The molecule has 0 fully saturated rings. The van der Waals surface area contributed by atoms with E-state index >= 15 is 0 Å². The Labute approximate surface area is 205 Å². The van der Waals surface area contributed by atoms with Crippen molar-refractivity contribution >= 4 is 50.8 Å². The van der Waals surface area contributed by atoms with Gasteiger partial charge in [-0.1, -0.05) is 23.2 Å². The van der Waals surface area contributed by atoms with Crippen molar-refractivity contribution in [1.29, 1.82) is 0 Å². The van der Waals surface area contributed by atoms with Crippen LogP contribution in [0.1, 0.15) is 21.9 Å². The molecule has 3 N–H and O–H groups in total. The molecule has 9 nitrogen and oxygen atoms in total. The molecule has 1 amide bonds. The molecule has 2 aromatic carbocycles. The lowest BCUT2D eigenvalue weighted by Gasteiger charge is -2.09.